The van der Waals surface area contributed by atoms with E-state index in [1.807, 2.05) is 18.2 Å². The molecular weight excluding hydrogens is 240 g/mol. The van der Waals surface area contributed by atoms with Gasteiger partial charge in [0.15, 0.2) is 0 Å². The Morgan fingerprint density at radius 2 is 2.32 bits per heavy atom. The van der Waals surface area contributed by atoms with Gasteiger partial charge in [0.05, 0.1) is 24.1 Å². The fourth-order valence-electron chi connectivity index (χ4n) is 2.32. The van der Waals surface area contributed by atoms with Crippen molar-refractivity contribution in [3.63, 3.8) is 0 Å². The van der Waals surface area contributed by atoms with Gasteiger partial charge >= 0.3 is 0 Å². The average Bonchev–Trinajstić information content (AvgIpc) is 2.82. The van der Waals surface area contributed by atoms with E-state index < -0.39 is 0 Å². The molecular formula is C15H24N2O2. The van der Waals surface area contributed by atoms with E-state index in [0.717, 1.165) is 37.4 Å². The Bertz CT molecular complexity index is 409. The lowest BCUT2D eigenvalue weighted by atomic mass is 10.0. The van der Waals surface area contributed by atoms with Gasteiger partial charge in [0, 0.05) is 19.1 Å². The van der Waals surface area contributed by atoms with Crippen LogP contribution in [0.25, 0.3) is 0 Å². The lowest BCUT2D eigenvalue weighted by molar-refractivity contribution is 0.108. The van der Waals surface area contributed by atoms with Crippen LogP contribution in [-0.2, 0) is 4.74 Å². The van der Waals surface area contributed by atoms with Gasteiger partial charge in [-0.1, -0.05) is 13.0 Å². The molecule has 1 aliphatic rings. The van der Waals surface area contributed by atoms with Crippen LogP contribution in [0, 0.1) is 5.92 Å². The smallest absolute Gasteiger partial charge is 0.144 e. The summed E-state index contributed by atoms with van der Waals surface area (Å²) in [6.07, 6.45) is 2.42. The van der Waals surface area contributed by atoms with Crippen LogP contribution in [0.1, 0.15) is 26.7 Å². The number of anilines is 2. The Morgan fingerprint density at radius 1 is 1.47 bits per heavy atom. The molecule has 1 aromatic carbocycles. The minimum Gasteiger partial charge on any atom is -0.491 e. The summed E-state index contributed by atoms with van der Waals surface area (Å²) in [5.41, 5.74) is 7.77. The van der Waals surface area contributed by atoms with Crippen LogP contribution in [-0.4, -0.2) is 25.9 Å². The Kier molecular flexibility index (Phi) is 4.91. The largest absolute Gasteiger partial charge is 0.491 e. The van der Waals surface area contributed by atoms with Crippen molar-refractivity contribution in [1.82, 2.24) is 0 Å². The zero-order valence-corrected chi connectivity index (χ0v) is 11.8. The fourth-order valence-corrected chi connectivity index (χ4v) is 2.32. The average molecular weight is 264 g/mol. The summed E-state index contributed by atoms with van der Waals surface area (Å²) < 4.78 is 11.2. The summed E-state index contributed by atoms with van der Waals surface area (Å²) in [4.78, 5) is 0. The second kappa shape index (κ2) is 6.66. The molecule has 1 fully saturated rings. The third kappa shape index (κ3) is 3.53. The third-order valence-corrected chi connectivity index (χ3v) is 3.62. The van der Waals surface area contributed by atoms with Crippen LogP contribution in [0.15, 0.2) is 18.2 Å². The molecule has 0 spiro atoms. The molecule has 4 nitrogen and oxygen atoms in total. The molecule has 3 N–H and O–H groups in total. The van der Waals surface area contributed by atoms with Crippen molar-refractivity contribution in [2.24, 2.45) is 5.92 Å². The first-order valence-electron chi connectivity index (χ1n) is 7.09. The van der Waals surface area contributed by atoms with E-state index in [1.165, 1.54) is 0 Å². The van der Waals surface area contributed by atoms with Gasteiger partial charge in [-0.05, 0) is 31.9 Å². The summed E-state index contributed by atoms with van der Waals surface area (Å²) in [5.74, 6) is 1.32. The molecule has 2 unspecified atom stereocenters. The lowest BCUT2D eigenvalue weighted by Crippen LogP contribution is -2.21. The molecule has 2 rings (SSSR count). The highest BCUT2D eigenvalue weighted by atomic mass is 16.5. The molecule has 4 heteroatoms. The van der Waals surface area contributed by atoms with Crippen molar-refractivity contribution in [3.05, 3.63) is 18.2 Å². The van der Waals surface area contributed by atoms with E-state index in [-0.39, 0.29) is 0 Å². The van der Waals surface area contributed by atoms with Crippen LogP contribution < -0.4 is 15.8 Å². The predicted octanol–water partition coefficient (Wildman–Crippen LogP) is 2.89. The first-order valence-corrected chi connectivity index (χ1v) is 7.09. The first kappa shape index (κ1) is 14.0. The number of hydrogen-bond acceptors (Lipinski definition) is 4. The highest BCUT2D eigenvalue weighted by molar-refractivity contribution is 5.72. The number of rotatable bonds is 6. The molecule has 106 valence electrons. The molecule has 0 aromatic heterocycles. The zero-order valence-electron chi connectivity index (χ0n) is 11.8. The Hall–Kier alpha value is -1.42. The first-order chi connectivity index (χ1) is 9.22. The third-order valence-electron chi connectivity index (χ3n) is 3.62. The van der Waals surface area contributed by atoms with Crippen molar-refractivity contribution in [2.75, 3.05) is 30.8 Å². The van der Waals surface area contributed by atoms with E-state index in [9.17, 15) is 0 Å². The molecule has 1 aliphatic heterocycles. The molecule has 0 bridgehead atoms. The van der Waals surface area contributed by atoms with E-state index in [2.05, 4.69) is 19.2 Å². The number of nitrogens with two attached hydrogens (primary N) is 1. The van der Waals surface area contributed by atoms with Gasteiger partial charge in [-0.2, -0.15) is 0 Å². The van der Waals surface area contributed by atoms with E-state index in [4.69, 9.17) is 15.2 Å². The molecule has 1 saturated heterocycles. The summed E-state index contributed by atoms with van der Waals surface area (Å²) >= 11 is 0. The molecule has 0 saturated carbocycles. The lowest BCUT2D eigenvalue weighted by Gasteiger charge is -2.18. The Morgan fingerprint density at radius 3 is 3.00 bits per heavy atom. The van der Waals surface area contributed by atoms with Crippen molar-refractivity contribution in [3.8, 4) is 5.75 Å². The number of nitrogen functional groups attached to an aromatic ring is 1. The van der Waals surface area contributed by atoms with Gasteiger partial charge in [0.25, 0.3) is 0 Å². The molecule has 0 radical (unpaired) electrons. The van der Waals surface area contributed by atoms with Crippen LogP contribution >= 0.6 is 0 Å². The normalized spacial score (nSPS) is 22.4. The summed E-state index contributed by atoms with van der Waals surface area (Å²) in [6.45, 7) is 6.66. The van der Waals surface area contributed by atoms with Crippen LogP contribution in [0.4, 0.5) is 11.4 Å². The van der Waals surface area contributed by atoms with E-state index >= 15 is 0 Å². The molecule has 0 aliphatic carbocycles. The second-order valence-corrected chi connectivity index (χ2v) is 5.07. The summed E-state index contributed by atoms with van der Waals surface area (Å²) in [7, 11) is 0. The quantitative estimate of drug-likeness (QED) is 0.776. The SMILES string of the molecule is CCCOc1cccc(NCC2CCOC2C)c1N. The summed E-state index contributed by atoms with van der Waals surface area (Å²) in [6, 6.07) is 5.88. The van der Waals surface area contributed by atoms with E-state index in [1.54, 1.807) is 0 Å². The van der Waals surface area contributed by atoms with Crippen molar-refractivity contribution in [2.45, 2.75) is 32.8 Å². The maximum atomic E-state index is 6.12. The van der Waals surface area contributed by atoms with Crippen molar-refractivity contribution in [1.29, 1.82) is 0 Å². The Labute approximate surface area is 115 Å². The van der Waals surface area contributed by atoms with E-state index in [0.29, 0.717) is 24.3 Å². The highest BCUT2D eigenvalue weighted by Crippen LogP contribution is 2.30. The monoisotopic (exact) mass is 264 g/mol. The van der Waals surface area contributed by atoms with Crippen molar-refractivity contribution >= 4 is 11.4 Å². The van der Waals surface area contributed by atoms with Crippen molar-refractivity contribution < 1.29 is 9.47 Å². The maximum Gasteiger partial charge on any atom is 0.144 e. The number of benzene rings is 1. The zero-order chi connectivity index (χ0) is 13.7. The van der Waals surface area contributed by atoms with Gasteiger partial charge < -0.3 is 20.5 Å². The molecule has 19 heavy (non-hydrogen) atoms. The fraction of sp³-hybridized carbons (Fsp3) is 0.600. The van der Waals surface area contributed by atoms with Gasteiger partial charge in [0.1, 0.15) is 5.75 Å². The topological polar surface area (TPSA) is 56.5 Å². The number of hydrogen-bond donors (Lipinski definition) is 2. The van der Waals surface area contributed by atoms with Crippen LogP contribution in [0.5, 0.6) is 5.75 Å². The van der Waals surface area contributed by atoms with Crippen LogP contribution in [0.3, 0.4) is 0 Å². The molecule has 1 heterocycles. The standard InChI is InChI=1S/C15H24N2O2/c1-3-8-19-14-6-4-5-13(15(14)16)17-10-12-7-9-18-11(12)2/h4-6,11-12,17H,3,7-10,16H2,1-2H3. The van der Waals surface area contributed by atoms with Gasteiger partial charge in [0.2, 0.25) is 0 Å². The predicted molar refractivity (Wildman–Crippen MR) is 78.7 cm³/mol. The molecule has 2 atom stereocenters. The minimum atomic E-state index is 0.327. The number of nitrogens with one attached hydrogen (secondary N) is 1. The number of para-hydroxylation sites is 1. The van der Waals surface area contributed by atoms with Gasteiger partial charge in [-0.15, -0.1) is 0 Å². The van der Waals surface area contributed by atoms with Gasteiger partial charge in [-0.25, -0.2) is 0 Å². The minimum absolute atomic E-state index is 0.327. The maximum absolute atomic E-state index is 6.12. The summed E-state index contributed by atoms with van der Waals surface area (Å²) in [5, 5.41) is 3.42. The Balaban J connectivity index is 1.96. The molecule has 0 amide bonds. The number of ether oxygens (including phenoxy) is 2. The second-order valence-electron chi connectivity index (χ2n) is 5.07. The highest BCUT2D eigenvalue weighted by Gasteiger charge is 2.23. The van der Waals surface area contributed by atoms with Crippen LogP contribution in [0.2, 0.25) is 0 Å². The molecule has 1 aromatic rings. The van der Waals surface area contributed by atoms with Gasteiger partial charge in [-0.3, -0.25) is 0 Å².